The van der Waals surface area contributed by atoms with Gasteiger partial charge >= 0.3 is 11.9 Å². The fourth-order valence-corrected chi connectivity index (χ4v) is 3.27. The number of carbonyl (C=O) groups excluding carboxylic acids is 2. The monoisotopic (exact) mass is 422 g/mol. The van der Waals surface area contributed by atoms with Gasteiger partial charge in [-0.05, 0) is 23.7 Å². The molecule has 0 aromatic carbocycles. The summed E-state index contributed by atoms with van der Waals surface area (Å²) in [6.07, 6.45) is 4.84. The minimum absolute atomic E-state index is 0.0109. The number of rotatable bonds is 14. The second-order valence-electron chi connectivity index (χ2n) is 9.01. The van der Waals surface area contributed by atoms with Gasteiger partial charge in [-0.15, -0.1) is 0 Å². The lowest BCUT2D eigenvalue weighted by Gasteiger charge is -2.25. The SMILES string of the molecule is CCCCC(C)(C)COC(=O)CC(C(=O)OCC(C)(C)CCCC)S(=O)(=O)O. The first-order valence-electron chi connectivity index (χ1n) is 10.0. The van der Waals surface area contributed by atoms with Crippen molar-refractivity contribution in [3.63, 3.8) is 0 Å². The molecule has 0 bridgehead atoms. The summed E-state index contributed by atoms with van der Waals surface area (Å²) in [6.45, 7) is 11.9. The number of carbonyl (C=O) groups is 2. The van der Waals surface area contributed by atoms with Crippen LogP contribution in [-0.4, -0.2) is 43.4 Å². The van der Waals surface area contributed by atoms with Gasteiger partial charge in [-0.1, -0.05) is 67.2 Å². The van der Waals surface area contributed by atoms with E-state index in [-0.39, 0.29) is 24.0 Å². The van der Waals surface area contributed by atoms with Crippen molar-refractivity contribution in [1.82, 2.24) is 0 Å². The highest BCUT2D eigenvalue weighted by molar-refractivity contribution is 7.87. The van der Waals surface area contributed by atoms with Crippen molar-refractivity contribution in [3.8, 4) is 0 Å². The van der Waals surface area contributed by atoms with Crippen LogP contribution in [0.1, 0.15) is 86.5 Å². The van der Waals surface area contributed by atoms with Crippen LogP contribution in [0.25, 0.3) is 0 Å². The zero-order valence-corrected chi connectivity index (χ0v) is 19.1. The maximum Gasteiger partial charge on any atom is 0.327 e. The molecule has 0 fully saturated rings. The highest BCUT2D eigenvalue weighted by Crippen LogP contribution is 2.25. The summed E-state index contributed by atoms with van der Waals surface area (Å²) in [5.74, 6) is -1.98. The van der Waals surface area contributed by atoms with E-state index in [2.05, 4.69) is 6.92 Å². The maximum absolute atomic E-state index is 12.2. The van der Waals surface area contributed by atoms with Gasteiger partial charge in [0.15, 0.2) is 5.25 Å². The number of hydrogen-bond donors (Lipinski definition) is 1. The Morgan fingerprint density at radius 1 is 0.893 bits per heavy atom. The van der Waals surface area contributed by atoms with E-state index in [0.29, 0.717) is 0 Å². The highest BCUT2D eigenvalue weighted by Gasteiger charge is 2.37. The lowest BCUT2D eigenvalue weighted by atomic mass is 9.88. The molecule has 0 amide bonds. The van der Waals surface area contributed by atoms with E-state index in [0.717, 1.165) is 38.5 Å². The average molecular weight is 423 g/mol. The third-order valence-electron chi connectivity index (χ3n) is 4.62. The topological polar surface area (TPSA) is 107 Å². The molecule has 1 atom stereocenters. The molecule has 28 heavy (non-hydrogen) atoms. The van der Waals surface area contributed by atoms with Crippen LogP contribution in [0.3, 0.4) is 0 Å². The first-order chi connectivity index (χ1) is 12.7. The molecule has 0 spiro atoms. The third kappa shape index (κ3) is 11.6. The Bertz CT molecular complexity index is 594. The van der Waals surface area contributed by atoms with Crippen molar-refractivity contribution in [2.45, 2.75) is 91.7 Å². The summed E-state index contributed by atoms with van der Waals surface area (Å²) in [6, 6.07) is 0. The minimum Gasteiger partial charge on any atom is -0.465 e. The molecule has 7 nitrogen and oxygen atoms in total. The Balaban J connectivity index is 4.83. The van der Waals surface area contributed by atoms with Gasteiger partial charge in [0.25, 0.3) is 10.1 Å². The second-order valence-corrected chi connectivity index (χ2v) is 10.6. The van der Waals surface area contributed by atoms with Gasteiger partial charge in [0.2, 0.25) is 0 Å². The summed E-state index contributed by atoms with van der Waals surface area (Å²) in [4.78, 5) is 24.3. The Morgan fingerprint density at radius 2 is 1.32 bits per heavy atom. The lowest BCUT2D eigenvalue weighted by Crippen LogP contribution is -2.36. The summed E-state index contributed by atoms with van der Waals surface area (Å²) >= 11 is 0. The fraction of sp³-hybridized carbons (Fsp3) is 0.900. The second kappa shape index (κ2) is 11.8. The minimum atomic E-state index is -4.79. The molecule has 0 aromatic heterocycles. The van der Waals surface area contributed by atoms with E-state index in [1.807, 2.05) is 34.6 Å². The van der Waals surface area contributed by atoms with Crippen LogP contribution in [0, 0.1) is 10.8 Å². The quantitative estimate of drug-likeness (QED) is 0.331. The number of unbranched alkanes of at least 4 members (excludes halogenated alkanes) is 2. The summed E-state index contributed by atoms with van der Waals surface area (Å²) < 4.78 is 42.8. The normalized spacial score (nSPS) is 13.8. The van der Waals surface area contributed by atoms with Crippen LogP contribution < -0.4 is 0 Å². The van der Waals surface area contributed by atoms with Crippen LogP contribution in [0.2, 0.25) is 0 Å². The molecular weight excluding hydrogens is 384 g/mol. The molecule has 8 heteroatoms. The molecule has 0 aliphatic rings. The number of esters is 2. The number of hydrogen-bond acceptors (Lipinski definition) is 6. The summed E-state index contributed by atoms with van der Waals surface area (Å²) in [5.41, 5.74) is -0.567. The molecular formula is C20H38O7S. The molecule has 0 rings (SSSR count). The van der Waals surface area contributed by atoms with Crippen LogP contribution in [0.15, 0.2) is 0 Å². The molecule has 0 saturated carbocycles. The molecule has 0 radical (unpaired) electrons. The first kappa shape index (κ1) is 26.9. The molecule has 1 unspecified atom stereocenters. The zero-order valence-electron chi connectivity index (χ0n) is 18.2. The molecule has 0 aliphatic heterocycles. The maximum atomic E-state index is 12.2. The van der Waals surface area contributed by atoms with Crippen molar-refractivity contribution in [3.05, 3.63) is 0 Å². The Labute approximate surface area is 170 Å². The molecule has 0 aliphatic carbocycles. The zero-order chi connectivity index (χ0) is 22.0. The van der Waals surface area contributed by atoms with Gasteiger partial charge in [-0.2, -0.15) is 8.42 Å². The van der Waals surface area contributed by atoms with E-state index >= 15 is 0 Å². The Morgan fingerprint density at radius 3 is 1.71 bits per heavy atom. The van der Waals surface area contributed by atoms with Gasteiger partial charge < -0.3 is 9.47 Å². The average Bonchev–Trinajstić information content (AvgIpc) is 2.58. The van der Waals surface area contributed by atoms with Crippen LogP contribution in [-0.2, 0) is 29.2 Å². The third-order valence-corrected chi connectivity index (χ3v) is 5.70. The predicted octanol–water partition coefficient (Wildman–Crippen LogP) is 4.15. The smallest absolute Gasteiger partial charge is 0.327 e. The molecule has 0 aromatic rings. The van der Waals surface area contributed by atoms with Crippen LogP contribution in [0.5, 0.6) is 0 Å². The van der Waals surface area contributed by atoms with Gasteiger partial charge in [0.05, 0.1) is 19.6 Å². The van der Waals surface area contributed by atoms with Crippen molar-refractivity contribution < 1.29 is 32.0 Å². The van der Waals surface area contributed by atoms with E-state index in [1.54, 1.807) is 0 Å². The Kier molecular flexibility index (Phi) is 11.3. The van der Waals surface area contributed by atoms with Crippen molar-refractivity contribution >= 4 is 22.1 Å². The van der Waals surface area contributed by atoms with Crippen molar-refractivity contribution in [2.75, 3.05) is 13.2 Å². The fourth-order valence-electron chi connectivity index (χ4n) is 2.61. The van der Waals surface area contributed by atoms with E-state index < -0.39 is 33.7 Å². The molecule has 166 valence electrons. The molecule has 0 saturated heterocycles. The molecule has 0 heterocycles. The van der Waals surface area contributed by atoms with Gasteiger partial charge in [0.1, 0.15) is 0 Å². The lowest BCUT2D eigenvalue weighted by molar-refractivity contribution is -0.153. The molecule has 1 N–H and O–H groups in total. The highest BCUT2D eigenvalue weighted by atomic mass is 32.2. The van der Waals surface area contributed by atoms with E-state index in [9.17, 15) is 22.6 Å². The van der Waals surface area contributed by atoms with Crippen LogP contribution in [0.4, 0.5) is 0 Å². The van der Waals surface area contributed by atoms with Gasteiger partial charge in [-0.3, -0.25) is 14.1 Å². The largest absolute Gasteiger partial charge is 0.465 e. The summed E-state index contributed by atoms with van der Waals surface area (Å²) in [5, 5.41) is -1.97. The van der Waals surface area contributed by atoms with Crippen molar-refractivity contribution in [2.24, 2.45) is 10.8 Å². The standard InChI is InChI=1S/C20H38O7S/c1-7-9-11-19(3,4)14-26-17(21)13-16(28(23,24)25)18(22)27-15-20(5,6)12-10-8-2/h16H,7-15H2,1-6H3,(H,23,24,25). The van der Waals surface area contributed by atoms with E-state index in [4.69, 9.17) is 9.47 Å². The van der Waals surface area contributed by atoms with Crippen molar-refractivity contribution in [1.29, 1.82) is 0 Å². The van der Waals surface area contributed by atoms with Gasteiger partial charge in [-0.25, -0.2) is 0 Å². The Hall–Kier alpha value is -1.15. The predicted molar refractivity (Wildman–Crippen MR) is 108 cm³/mol. The van der Waals surface area contributed by atoms with Gasteiger partial charge in [0, 0.05) is 0 Å². The van der Waals surface area contributed by atoms with E-state index in [1.165, 1.54) is 0 Å². The summed E-state index contributed by atoms with van der Waals surface area (Å²) in [7, 11) is -4.79. The first-order valence-corrected chi connectivity index (χ1v) is 11.5. The van der Waals surface area contributed by atoms with Crippen LogP contribution >= 0.6 is 0 Å². The number of ether oxygens (including phenoxy) is 2.